The highest BCUT2D eigenvalue weighted by molar-refractivity contribution is 6.31. The summed E-state index contributed by atoms with van der Waals surface area (Å²) in [6.45, 7) is 2.88. The van der Waals surface area contributed by atoms with Crippen LogP contribution in [-0.2, 0) is 17.7 Å². The molecule has 1 aromatic carbocycles. The first-order valence-corrected chi connectivity index (χ1v) is 8.39. The van der Waals surface area contributed by atoms with Gasteiger partial charge in [-0.3, -0.25) is 0 Å². The van der Waals surface area contributed by atoms with Gasteiger partial charge in [-0.25, -0.2) is 4.98 Å². The Balaban J connectivity index is 1.63. The zero-order valence-corrected chi connectivity index (χ0v) is 14.8. The Kier molecular flexibility index (Phi) is 5.43. The van der Waals surface area contributed by atoms with Gasteiger partial charge in [0.1, 0.15) is 11.6 Å². The van der Waals surface area contributed by atoms with Gasteiger partial charge in [-0.1, -0.05) is 17.7 Å². The molecule has 0 bridgehead atoms. The molecule has 0 unspecified atom stereocenters. The smallest absolute Gasteiger partial charge is 0.145 e. The molecule has 0 amide bonds. The standard InChI is InChI=1S/C18H22ClN3O2/c1-22(6-8-23-2)17-4-3-13(12-21-17)11-20-16-10-15(19)9-14-5-7-24-18(14)16/h3-4,9-10,12,20H,5-8,11H2,1-2H3. The fraction of sp³-hybridized carbons (Fsp3) is 0.389. The molecular formula is C18H22ClN3O2. The third-order valence-electron chi connectivity index (χ3n) is 4.06. The number of likely N-dealkylation sites (N-methyl/N-ethyl adjacent to an activating group) is 1. The molecule has 0 atom stereocenters. The van der Waals surface area contributed by atoms with Gasteiger partial charge in [-0.15, -0.1) is 0 Å². The number of anilines is 2. The van der Waals surface area contributed by atoms with Crippen LogP contribution >= 0.6 is 11.6 Å². The van der Waals surface area contributed by atoms with Gasteiger partial charge in [0.15, 0.2) is 0 Å². The second kappa shape index (κ2) is 7.73. The van der Waals surface area contributed by atoms with Crippen LogP contribution in [0.15, 0.2) is 30.5 Å². The molecule has 3 rings (SSSR count). The summed E-state index contributed by atoms with van der Waals surface area (Å²) >= 11 is 6.18. The maximum absolute atomic E-state index is 6.18. The van der Waals surface area contributed by atoms with Crippen molar-refractivity contribution in [3.63, 3.8) is 0 Å². The second-order valence-corrected chi connectivity index (χ2v) is 6.27. The highest BCUT2D eigenvalue weighted by atomic mass is 35.5. The Labute approximate surface area is 147 Å². The number of hydrogen-bond donors (Lipinski definition) is 1. The van der Waals surface area contributed by atoms with Gasteiger partial charge >= 0.3 is 0 Å². The molecule has 0 saturated carbocycles. The lowest BCUT2D eigenvalue weighted by Crippen LogP contribution is -2.22. The van der Waals surface area contributed by atoms with Gasteiger partial charge in [-0.05, 0) is 23.8 Å². The fourth-order valence-corrected chi connectivity index (χ4v) is 2.93. The molecule has 2 heterocycles. The largest absolute Gasteiger partial charge is 0.491 e. The van der Waals surface area contributed by atoms with E-state index in [0.717, 1.165) is 40.8 Å². The van der Waals surface area contributed by atoms with Crippen molar-refractivity contribution >= 4 is 23.1 Å². The summed E-state index contributed by atoms with van der Waals surface area (Å²) in [5, 5.41) is 4.13. The van der Waals surface area contributed by atoms with Crippen LogP contribution in [0.4, 0.5) is 11.5 Å². The number of pyridine rings is 1. The first-order chi connectivity index (χ1) is 11.7. The Morgan fingerprint density at radius 1 is 1.38 bits per heavy atom. The molecule has 1 aliphatic heterocycles. The third-order valence-corrected chi connectivity index (χ3v) is 4.28. The summed E-state index contributed by atoms with van der Waals surface area (Å²) < 4.78 is 10.8. The number of benzene rings is 1. The number of nitrogens with zero attached hydrogens (tertiary/aromatic N) is 2. The van der Waals surface area contributed by atoms with Crippen molar-refractivity contribution in [2.45, 2.75) is 13.0 Å². The second-order valence-electron chi connectivity index (χ2n) is 5.83. The van der Waals surface area contributed by atoms with E-state index < -0.39 is 0 Å². The number of hydrogen-bond acceptors (Lipinski definition) is 5. The molecule has 0 radical (unpaired) electrons. The van der Waals surface area contributed by atoms with E-state index in [1.54, 1.807) is 7.11 Å². The lowest BCUT2D eigenvalue weighted by atomic mass is 10.1. The van der Waals surface area contributed by atoms with Crippen molar-refractivity contribution in [1.82, 2.24) is 4.98 Å². The molecule has 0 fully saturated rings. The lowest BCUT2D eigenvalue weighted by molar-refractivity contribution is 0.206. The first kappa shape index (κ1) is 16.9. The van der Waals surface area contributed by atoms with Crippen LogP contribution < -0.4 is 15.0 Å². The molecule has 1 N–H and O–H groups in total. The van der Waals surface area contributed by atoms with Crippen LogP contribution in [0.25, 0.3) is 0 Å². The van der Waals surface area contributed by atoms with Crippen molar-refractivity contribution in [1.29, 1.82) is 0 Å². The van der Waals surface area contributed by atoms with Gasteiger partial charge in [0.2, 0.25) is 0 Å². The monoisotopic (exact) mass is 347 g/mol. The lowest BCUT2D eigenvalue weighted by Gasteiger charge is -2.18. The Bertz CT molecular complexity index is 691. The van der Waals surface area contributed by atoms with Crippen molar-refractivity contribution in [2.24, 2.45) is 0 Å². The van der Waals surface area contributed by atoms with Gasteiger partial charge < -0.3 is 19.7 Å². The van der Waals surface area contributed by atoms with E-state index in [4.69, 9.17) is 21.1 Å². The molecule has 0 saturated heterocycles. The number of rotatable bonds is 7. The summed E-state index contributed by atoms with van der Waals surface area (Å²) in [6.07, 6.45) is 2.80. The molecule has 2 aromatic rings. The molecule has 0 aliphatic carbocycles. The van der Waals surface area contributed by atoms with Crippen molar-refractivity contribution < 1.29 is 9.47 Å². The topological polar surface area (TPSA) is 46.6 Å². The predicted octanol–water partition coefficient (Wildman–Crippen LogP) is 3.36. The molecule has 24 heavy (non-hydrogen) atoms. The average Bonchev–Trinajstić information content (AvgIpc) is 3.06. The number of methoxy groups -OCH3 is 1. The van der Waals surface area contributed by atoms with E-state index in [2.05, 4.69) is 21.3 Å². The van der Waals surface area contributed by atoms with E-state index >= 15 is 0 Å². The number of fused-ring (bicyclic) bond motifs is 1. The highest BCUT2D eigenvalue weighted by Gasteiger charge is 2.17. The quantitative estimate of drug-likeness (QED) is 0.832. The molecule has 1 aromatic heterocycles. The SMILES string of the molecule is COCCN(C)c1ccc(CNc2cc(Cl)cc3c2OCC3)cn1. The molecule has 0 spiro atoms. The summed E-state index contributed by atoms with van der Waals surface area (Å²) in [4.78, 5) is 6.57. The molecule has 6 heteroatoms. The highest BCUT2D eigenvalue weighted by Crippen LogP contribution is 2.36. The van der Waals surface area contributed by atoms with Crippen LogP contribution in [0.2, 0.25) is 5.02 Å². The molecule has 1 aliphatic rings. The first-order valence-electron chi connectivity index (χ1n) is 8.01. The van der Waals surface area contributed by atoms with Crippen molar-refractivity contribution in [3.05, 3.63) is 46.6 Å². The van der Waals surface area contributed by atoms with Crippen LogP contribution in [0.3, 0.4) is 0 Å². The molecule has 5 nitrogen and oxygen atoms in total. The van der Waals surface area contributed by atoms with E-state index in [9.17, 15) is 0 Å². The summed E-state index contributed by atoms with van der Waals surface area (Å²) in [6, 6.07) is 7.98. The normalized spacial score (nSPS) is 12.6. The van der Waals surface area contributed by atoms with Crippen LogP contribution in [0.1, 0.15) is 11.1 Å². The number of aromatic nitrogens is 1. The van der Waals surface area contributed by atoms with Gasteiger partial charge in [-0.2, -0.15) is 0 Å². The Morgan fingerprint density at radius 2 is 2.25 bits per heavy atom. The van der Waals surface area contributed by atoms with Gasteiger partial charge in [0, 0.05) is 50.5 Å². The van der Waals surface area contributed by atoms with Gasteiger partial charge in [0.25, 0.3) is 0 Å². The number of nitrogens with one attached hydrogen (secondary N) is 1. The van der Waals surface area contributed by atoms with E-state index in [1.807, 2.05) is 31.4 Å². The summed E-state index contributed by atoms with van der Waals surface area (Å²) in [5.74, 6) is 1.85. The number of halogens is 1. The maximum Gasteiger partial charge on any atom is 0.145 e. The molecule has 128 valence electrons. The minimum Gasteiger partial charge on any atom is -0.491 e. The number of ether oxygens (including phenoxy) is 2. The van der Waals surface area contributed by atoms with Crippen LogP contribution in [0, 0.1) is 0 Å². The zero-order chi connectivity index (χ0) is 16.9. The third kappa shape index (κ3) is 3.91. The van der Waals surface area contributed by atoms with Crippen molar-refractivity contribution in [3.8, 4) is 5.75 Å². The summed E-state index contributed by atoms with van der Waals surface area (Å²) in [7, 11) is 3.71. The minimum absolute atomic E-state index is 0.672. The van der Waals surface area contributed by atoms with E-state index in [1.165, 1.54) is 5.56 Å². The molecular weight excluding hydrogens is 326 g/mol. The van der Waals surface area contributed by atoms with Gasteiger partial charge in [0.05, 0.1) is 18.9 Å². The minimum atomic E-state index is 0.672. The van der Waals surface area contributed by atoms with Crippen molar-refractivity contribution in [2.75, 3.05) is 44.1 Å². The maximum atomic E-state index is 6.18. The predicted molar refractivity (Wildman–Crippen MR) is 97.4 cm³/mol. The zero-order valence-electron chi connectivity index (χ0n) is 14.0. The Hall–Kier alpha value is -1.98. The Morgan fingerprint density at radius 3 is 3.00 bits per heavy atom. The van der Waals surface area contributed by atoms with E-state index in [-0.39, 0.29) is 0 Å². The fourth-order valence-electron chi connectivity index (χ4n) is 2.69. The van der Waals surface area contributed by atoms with Crippen LogP contribution in [-0.4, -0.2) is 38.9 Å². The van der Waals surface area contributed by atoms with Crippen LogP contribution in [0.5, 0.6) is 5.75 Å². The van der Waals surface area contributed by atoms with E-state index in [0.29, 0.717) is 19.8 Å². The summed E-state index contributed by atoms with van der Waals surface area (Å²) in [5.41, 5.74) is 3.21. The average molecular weight is 348 g/mol.